The molecule has 0 aromatic heterocycles. The lowest BCUT2D eigenvalue weighted by atomic mass is 10.1. The molecule has 4 heteroatoms. The van der Waals surface area contributed by atoms with Gasteiger partial charge in [-0.2, -0.15) is 8.39 Å². The third kappa shape index (κ3) is 16.1. The first-order chi connectivity index (χ1) is 8.56. The summed E-state index contributed by atoms with van der Waals surface area (Å²) in [6.45, 7) is 2.23. The van der Waals surface area contributed by atoms with Crippen molar-refractivity contribution in [1.29, 1.82) is 0 Å². The van der Waals surface area contributed by atoms with Gasteiger partial charge in [0.2, 0.25) is 0 Å². The van der Waals surface area contributed by atoms with Crippen molar-refractivity contribution in [3.05, 3.63) is 0 Å². The predicted octanol–water partition coefficient (Wildman–Crippen LogP) is 6.82. The molecule has 18 heavy (non-hydrogen) atoms. The van der Waals surface area contributed by atoms with Gasteiger partial charge in [0, 0.05) is 0 Å². The first-order valence-electron chi connectivity index (χ1n) is 7.54. The van der Waals surface area contributed by atoms with Crippen LogP contribution in [0.4, 0.5) is 8.39 Å². The summed E-state index contributed by atoms with van der Waals surface area (Å²) in [6, 6.07) is 0. The highest BCUT2D eigenvalue weighted by Crippen LogP contribution is 2.49. The zero-order chi connectivity index (χ0) is 13.7. The van der Waals surface area contributed by atoms with E-state index in [1.165, 1.54) is 51.4 Å². The van der Waals surface area contributed by atoms with E-state index >= 15 is 0 Å². The van der Waals surface area contributed by atoms with E-state index in [9.17, 15) is 13.0 Å². The fourth-order valence-corrected chi connectivity index (χ4v) is 2.73. The predicted molar refractivity (Wildman–Crippen MR) is 75.8 cm³/mol. The molecule has 0 atom stereocenters. The van der Waals surface area contributed by atoms with E-state index in [4.69, 9.17) is 0 Å². The quantitative estimate of drug-likeness (QED) is 0.267. The zero-order valence-electron chi connectivity index (χ0n) is 11.8. The van der Waals surface area contributed by atoms with Crippen LogP contribution in [0.3, 0.4) is 0 Å². The summed E-state index contributed by atoms with van der Waals surface area (Å²) in [7, 11) is -4.75. The summed E-state index contributed by atoms with van der Waals surface area (Å²) in [6.07, 6.45) is 13.5. The van der Waals surface area contributed by atoms with Crippen LogP contribution < -0.4 is 0 Å². The lowest BCUT2D eigenvalue weighted by molar-refractivity contribution is 0.488. The van der Waals surface area contributed by atoms with E-state index in [0.29, 0.717) is 6.42 Å². The van der Waals surface area contributed by atoms with Crippen LogP contribution in [0.5, 0.6) is 0 Å². The Kier molecular flexibility index (Phi) is 12.2. The molecular weight excluding hydrogens is 253 g/mol. The molecular formula is C14H29F2OP. The minimum atomic E-state index is -4.75. The van der Waals surface area contributed by atoms with Gasteiger partial charge in [-0.1, -0.05) is 77.6 Å². The molecule has 0 aliphatic rings. The number of halogens is 2. The normalized spacial score (nSPS) is 11.9. The molecule has 0 heterocycles. The Morgan fingerprint density at radius 1 is 0.667 bits per heavy atom. The molecule has 0 N–H and O–H groups in total. The molecule has 0 radical (unpaired) electrons. The smallest absolute Gasteiger partial charge is 0.250 e. The monoisotopic (exact) mass is 282 g/mol. The van der Waals surface area contributed by atoms with Gasteiger partial charge in [0.25, 0.3) is 0 Å². The van der Waals surface area contributed by atoms with Crippen molar-refractivity contribution in [1.82, 2.24) is 0 Å². The first-order valence-corrected chi connectivity index (χ1v) is 9.22. The molecule has 0 aromatic carbocycles. The van der Waals surface area contributed by atoms with E-state index in [2.05, 4.69) is 6.92 Å². The Balaban J connectivity index is 3.01. The summed E-state index contributed by atoms with van der Waals surface area (Å²) >= 11 is 0. The maximum absolute atomic E-state index is 12.1. The third-order valence-corrected chi connectivity index (χ3v) is 4.11. The molecule has 0 saturated carbocycles. The first kappa shape index (κ1) is 18.1. The fourth-order valence-electron chi connectivity index (χ4n) is 2.14. The minimum Gasteiger partial charge on any atom is -0.250 e. The molecule has 0 saturated heterocycles. The van der Waals surface area contributed by atoms with E-state index in [1.807, 2.05) is 0 Å². The average molecular weight is 282 g/mol. The molecule has 0 amide bonds. The fraction of sp³-hybridized carbons (Fsp3) is 1.00. The second-order valence-electron chi connectivity index (χ2n) is 5.18. The van der Waals surface area contributed by atoms with Crippen LogP contribution in [0.2, 0.25) is 0 Å². The average Bonchev–Trinajstić information content (AvgIpc) is 2.29. The topological polar surface area (TPSA) is 17.1 Å². The van der Waals surface area contributed by atoms with Crippen molar-refractivity contribution in [2.45, 2.75) is 84.0 Å². The van der Waals surface area contributed by atoms with E-state index in [0.717, 1.165) is 19.3 Å². The van der Waals surface area contributed by atoms with Crippen molar-refractivity contribution in [2.24, 2.45) is 0 Å². The standard InChI is InChI=1S/C14H29F2OP/c1-2-3-4-5-6-7-8-9-10-11-12-13-14-18(15,16)17/h2-14H2,1H3. The summed E-state index contributed by atoms with van der Waals surface area (Å²) < 4.78 is 34.3. The van der Waals surface area contributed by atoms with Gasteiger partial charge in [0.05, 0.1) is 6.16 Å². The molecule has 0 aromatic rings. The van der Waals surface area contributed by atoms with Crippen LogP contribution in [0.1, 0.15) is 84.0 Å². The second-order valence-corrected chi connectivity index (χ2v) is 6.77. The van der Waals surface area contributed by atoms with Crippen LogP contribution in [0, 0.1) is 0 Å². The highest BCUT2D eigenvalue weighted by molar-refractivity contribution is 7.52. The Morgan fingerprint density at radius 3 is 1.33 bits per heavy atom. The molecule has 1 nitrogen and oxygen atoms in total. The molecule has 110 valence electrons. The zero-order valence-corrected chi connectivity index (χ0v) is 12.7. The van der Waals surface area contributed by atoms with Gasteiger partial charge in [0.1, 0.15) is 0 Å². The number of rotatable bonds is 13. The Bertz CT molecular complexity index is 216. The van der Waals surface area contributed by atoms with Crippen molar-refractivity contribution in [3.63, 3.8) is 0 Å². The van der Waals surface area contributed by atoms with Crippen molar-refractivity contribution < 1.29 is 13.0 Å². The molecule has 0 aliphatic carbocycles. The molecule has 0 bridgehead atoms. The van der Waals surface area contributed by atoms with Crippen molar-refractivity contribution >= 4 is 7.76 Å². The third-order valence-electron chi connectivity index (χ3n) is 3.27. The molecule has 0 rings (SSSR count). The SMILES string of the molecule is CCCCCCCCCCCCCCP(=O)(F)F. The minimum absolute atomic E-state index is 0.384. The van der Waals surface area contributed by atoms with Gasteiger partial charge in [0.15, 0.2) is 0 Å². The molecule has 0 spiro atoms. The second kappa shape index (κ2) is 12.1. The maximum Gasteiger partial charge on any atom is 0.402 e. The summed E-state index contributed by atoms with van der Waals surface area (Å²) in [4.78, 5) is 0. The van der Waals surface area contributed by atoms with E-state index in [-0.39, 0.29) is 6.16 Å². The maximum atomic E-state index is 12.1. The van der Waals surface area contributed by atoms with Crippen LogP contribution in [-0.4, -0.2) is 6.16 Å². The molecule has 0 aliphatic heterocycles. The summed E-state index contributed by atoms with van der Waals surface area (Å²) in [5, 5.41) is 0. The number of hydrogen-bond donors (Lipinski definition) is 0. The molecule has 0 unspecified atom stereocenters. The lowest BCUT2D eigenvalue weighted by Gasteiger charge is -2.02. The summed E-state index contributed by atoms with van der Waals surface area (Å²) in [5.41, 5.74) is 0. The highest BCUT2D eigenvalue weighted by Gasteiger charge is 2.16. The van der Waals surface area contributed by atoms with Gasteiger partial charge in [-0.05, 0) is 6.42 Å². The van der Waals surface area contributed by atoms with Gasteiger partial charge >= 0.3 is 7.76 Å². The van der Waals surface area contributed by atoms with Crippen LogP contribution in [0.25, 0.3) is 0 Å². The van der Waals surface area contributed by atoms with Gasteiger partial charge in [-0.3, -0.25) is 4.57 Å². The number of hydrogen-bond acceptors (Lipinski definition) is 1. The van der Waals surface area contributed by atoms with Gasteiger partial charge < -0.3 is 0 Å². The van der Waals surface area contributed by atoms with Crippen molar-refractivity contribution in [3.8, 4) is 0 Å². The van der Waals surface area contributed by atoms with Crippen molar-refractivity contribution in [2.75, 3.05) is 6.16 Å². The summed E-state index contributed by atoms with van der Waals surface area (Å²) in [5.74, 6) is 0. The van der Waals surface area contributed by atoms with Gasteiger partial charge in [-0.25, -0.2) is 0 Å². The van der Waals surface area contributed by atoms with Crippen LogP contribution in [0.15, 0.2) is 0 Å². The highest BCUT2D eigenvalue weighted by atomic mass is 31.2. The Morgan fingerprint density at radius 2 is 1.00 bits per heavy atom. The Hall–Kier alpha value is 0.0900. The largest absolute Gasteiger partial charge is 0.402 e. The van der Waals surface area contributed by atoms with E-state index in [1.54, 1.807) is 0 Å². The van der Waals surface area contributed by atoms with Crippen LogP contribution >= 0.6 is 7.76 Å². The Labute approximate surface area is 111 Å². The lowest BCUT2D eigenvalue weighted by Crippen LogP contribution is -1.84. The van der Waals surface area contributed by atoms with Gasteiger partial charge in [-0.15, -0.1) is 0 Å². The van der Waals surface area contributed by atoms with Crippen LogP contribution in [-0.2, 0) is 4.57 Å². The molecule has 0 fully saturated rings. The van der Waals surface area contributed by atoms with E-state index < -0.39 is 7.76 Å². The number of unbranched alkanes of at least 4 members (excludes halogenated alkanes) is 11.